The second kappa shape index (κ2) is 6.73. The SMILES string of the molecule is CC(C)(C)c1cc2c(c(C(C)(C)C)c1)OC1N=C(c3ccc(O)cc3)NC(=O)C1=C2. The first-order valence-electron chi connectivity index (χ1n) is 10.2. The Labute approximate surface area is 177 Å². The van der Waals surface area contributed by atoms with Crippen molar-refractivity contribution in [2.24, 2.45) is 4.99 Å². The van der Waals surface area contributed by atoms with E-state index in [9.17, 15) is 9.90 Å². The summed E-state index contributed by atoms with van der Waals surface area (Å²) in [6.45, 7) is 13.0. The molecule has 0 bridgehead atoms. The number of amidine groups is 1. The van der Waals surface area contributed by atoms with E-state index in [0.717, 1.165) is 16.9 Å². The van der Waals surface area contributed by atoms with Crippen LogP contribution in [0.25, 0.3) is 6.08 Å². The first-order chi connectivity index (χ1) is 13.9. The zero-order chi connectivity index (χ0) is 21.8. The molecule has 0 saturated heterocycles. The van der Waals surface area contributed by atoms with E-state index in [4.69, 9.17) is 4.74 Å². The van der Waals surface area contributed by atoms with Gasteiger partial charge in [-0.1, -0.05) is 47.6 Å². The second-order valence-electron chi connectivity index (χ2n) is 9.99. The maximum Gasteiger partial charge on any atom is 0.258 e. The molecule has 0 fully saturated rings. The van der Waals surface area contributed by atoms with Gasteiger partial charge in [0.1, 0.15) is 17.3 Å². The van der Waals surface area contributed by atoms with Crippen molar-refractivity contribution in [3.05, 3.63) is 64.2 Å². The van der Waals surface area contributed by atoms with Crippen molar-refractivity contribution >= 4 is 17.8 Å². The van der Waals surface area contributed by atoms with Crippen LogP contribution in [0.5, 0.6) is 11.5 Å². The van der Waals surface area contributed by atoms with E-state index in [0.29, 0.717) is 17.0 Å². The van der Waals surface area contributed by atoms with Gasteiger partial charge in [-0.2, -0.15) is 0 Å². The average Bonchev–Trinajstić information content (AvgIpc) is 2.65. The molecular weight excluding hydrogens is 376 g/mol. The van der Waals surface area contributed by atoms with Gasteiger partial charge in [-0.3, -0.25) is 4.79 Å². The minimum Gasteiger partial charge on any atom is -0.508 e. The highest BCUT2D eigenvalue weighted by atomic mass is 16.5. The Balaban J connectivity index is 1.83. The second-order valence-corrected chi connectivity index (χ2v) is 9.99. The number of benzene rings is 2. The molecule has 156 valence electrons. The minimum absolute atomic E-state index is 0.0244. The number of hydrogen-bond acceptors (Lipinski definition) is 4. The molecular formula is C25H28N2O3. The lowest BCUT2D eigenvalue weighted by molar-refractivity contribution is -0.117. The summed E-state index contributed by atoms with van der Waals surface area (Å²) in [6, 6.07) is 10.9. The highest BCUT2D eigenvalue weighted by Gasteiger charge is 2.36. The van der Waals surface area contributed by atoms with Crippen molar-refractivity contribution in [1.29, 1.82) is 0 Å². The van der Waals surface area contributed by atoms with Gasteiger partial charge >= 0.3 is 0 Å². The van der Waals surface area contributed by atoms with Crippen molar-refractivity contribution in [1.82, 2.24) is 5.32 Å². The van der Waals surface area contributed by atoms with Crippen LogP contribution in [0.4, 0.5) is 0 Å². The third kappa shape index (κ3) is 3.60. The van der Waals surface area contributed by atoms with E-state index in [2.05, 4.69) is 64.0 Å². The van der Waals surface area contributed by atoms with Crippen LogP contribution in [0, 0.1) is 0 Å². The van der Waals surface area contributed by atoms with Gasteiger partial charge in [0.2, 0.25) is 6.23 Å². The van der Waals surface area contributed by atoms with Gasteiger partial charge in [-0.15, -0.1) is 0 Å². The molecule has 0 aromatic heterocycles. The lowest BCUT2D eigenvalue weighted by atomic mass is 9.78. The van der Waals surface area contributed by atoms with Gasteiger partial charge in [0.15, 0.2) is 0 Å². The molecule has 0 aliphatic carbocycles. The fraction of sp³-hybridized carbons (Fsp3) is 0.360. The van der Waals surface area contributed by atoms with Gasteiger partial charge in [0.05, 0.1) is 5.57 Å². The number of rotatable bonds is 1. The molecule has 2 aromatic rings. The summed E-state index contributed by atoms with van der Waals surface area (Å²) in [5, 5.41) is 12.4. The lowest BCUT2D eigenvalue weighted by Crippen LogP contribution is -2.44. The summed E-state index contributed by atoms with van der Waals surface area (Å²) >= 11 is 0. The van der Waals surface area contributed by atoms with Gasteiger partial charge in [0.25, 0.3) is 5.91 Å². The predicted molar refractivity (Wildman–Crippen MR) is 119 cm³/mol. The number of aromatic hydroxyl groups is 1. The van der Waals surface area contributed by atoms with Gasteiger partial charge in [-0.05, 0) is 52.8 Å². The lowest BCUT2D eigenvalue weighted by Gasteiger charge is -2.34. The number of aliphatic imine (C=N–C) groups is 1. The topological polar surface area (TPSA) is 70.9 Å². The van der Waals surface area contributed by atoms with Crippen LogP contribution < -0.4 is 10.1 Å². The molecule has 5 nitrogen and oxygen atoms in total. The molecule has 0 saturated carbocycles. The number of carbonyl (C=O) groups is 1. The Morgan fingerprint density at radius 1 is 1.00 bits per heavy atom. The average molecular weight is 405 g/mol. The molecule has 0 spiro atoms. The minimum atomic E-state index is -0.698. The van der Waals surface area contributed by atoms with E-state index >= 15 is 0 Å². The number of phenolic OH excluding ortho intramolecular Hbond substituents is 1. The molecule has 2 aliphatic heterocycles. The highest BCUT2D eigenvalue weighted by molar-refractivity contribution is 6.16. The number of nitrogens with zero attached hydrogens (tertiary/aromatic N) is 1. The first kappa shape index (κ1) is 20.2. The Bertz CT molecular complexity index is 1080. The van der Waals surface area contributed by atoms with E-state index in [1.165, 1.54) is 5.56 Å². The van der Waals surface area contributed by atoms with Crippen LogP contribution in [0.3, 0.4) is 0 Å². The van der Waals surface area contributed by atoms with E-state index in [1.807, 2.05) is 6.08 Å². The summed E-state index contributed by atoms with van der Waals surface area (Å²) in [5.41, 5.74) is 4.28. The summed E-state index contributed by atoms with van der Waals surface area (Å²) in [7, 11) is 0. The Hall–Kier alpha value is -3.08. The third-order valence-electron chi connectivity index (χ3n) is 5.48. The number of ether oxygens (including phenoxy) is 1. The molecule has 4 rings (SSSR count). The van der Waals surface area contributed by atoms with Crippen molar-refractivity contribution in [3.63, 3.8) is 0 Å². The Morgan fingerprint density at radius 2 is 1.67 bits per heavy atom. The molecule has 2 N–H and O–H groups in total. The van der Waals surface area contributed by atoms with Gasteiger partial charge < -0.3 is 15.2 Å². The molecule has 1 atom stereocenters. The molecule has 2 aromatic carbocycles. The Kier molecular flexibility index (Phi) is 4.53. The number of hydrogen-bond donors (Lipinski definition) is 2. The Morgan fingerprint density at radius 3 is 2.27 bits per heavy atom. The summed E-state index contributed by atoms with van der Waals surface area (Å²) in [6.07, 6.45) is 1.21. The van der Waals surface area contributed by atoms with E-state index in [1.54, 1.807) is 24.3 Å². The van der Waals surface area contributed by atoms with Crippen LogP contribution in [0.2, 0.25) is 0 Å². The first-order valence-corrected chi connectivity index (χ1v) is 10.2. The summed E-state index contributed by atoms with van der Waals surface area (Å²) in [4.78, 5) is 17.5. The largest absolute Gasteiger partial charge is 0.508 e. The number of fused-ring (bicyclic) bond motifs is 2. The molecule has 1 amide bonds. The normalized spacial score (nSPS) is 18.5. The molecule has 5 heteroatoms. The quantitative estimate of drug-likeness (QED) is 0.726. The fourth-order valence-electron chi connectivity index (χ4n) is 3.66. The third-order valence-corrected chi connectivity index (χ3v) is 5.48. The van der Waals surface area contributed by atoms with Crippen LogP contribution >= 0.6 is 0 Å². The molecule has 30 heavy (non-hydrogen) atoms. The van der Waals surface area contributed by atoms with Crippen molar-refractivity contribution in [2.75, 3.05) is 0 Å². The molecule has 1 unspecified atom stereocenters. The fourth-order valence-corrected chi connectivity index (χ4v) is 3.66. The van der Waals surface area contributed by atoms with Crippen LogP contribution in [0.1, 0.15) is 63.8 Å². The van der Waals surface area contributed by atoms with Crippen LogP contribution in [-0.2, 0) is 15.6 Å². The van der Waals surface area contributed by atoms with Crippen molar-refractivity contribution < 1.29 is 14.6 Å². The summed E-state index contributed by atoms with van der Waals surface area (Å²) in [5.74, 6) is 1.17. The van der Waals surface area contributed by atoms with E-state index in [-0.39, 0.29) is 22.5 Å². The number of phenols is 1. The predicted octanol–water partition coefficient (Wildman–Crippen LogP) is 4.67. The molecule has 2 aliphatic rings. The van der Waals surface area contributed by atoms with Gasteiger partial charge in [0, 0.05) is 16.7 Å². The van der Waals surface area contributed by atoms with Crippen LogP contribution in [-0.4, -0.2) is 23.1 Å². The maximum absolute atomic E-state index is 12.9. The highest BCUT2D eigenvalue weighted by Crippen LogP contribution is 2.42. The smallest absolute Gasteiger partial charge is 0.258 e. The zero-order valence-corrected chi connectivity index (χ0v) is 18.3. The van der Waals surface area contributed by atoms with Crippen molar-refractivity contribution in [3.8, 4) is 11.5 Å². The standard InChI is InChI=1S/C25H28N2O3/c1-24(2,3)16-11-15-12-18-22(29)26-21(14-7-9-17(28)10-8-14)27-23(18)30-20(15)19(13-16)25(4,5)6/h7-13,23,28H,1-6H3,(H,26,27,29). The summed E-state index contributed by atoms with van der Waals surface area (Å²) < 4.78 is 6.34. The van der Waals surface area contributed by atoms with Crippen LogP contribution in [0.15, 0.2) is 47.0 Å². The molecule has 2 heterocycles. The number of amides is 1. The zero-order valence-electron chi connectivity index (χ0n) is 18.3. The van der Waals surface area contributed by atoms with Crippen molar-refractivity contribution in [2.45, 2.75) is 58.6 Å². The van der Waals surface area contributed by atoms with E-state index < -0.39 is 6.23 Å². The van der Waals surface area contributed by atoms with Gasteiger partial charge in [-0.25, -0.2) is 4.99 Å². The molecule has 0 radical (unpaired) electrons. The monoisotopic (exact) mass is 404 g/mol. The number of carbonyl (C=O) groups excluding carboxylic acids is 1. The number of nitrogens with one attached hydrogen (secondary N) is 1. The maximum atomic E-state index is 12.9.